The second-order valence-electron chi connectivity index (χ2n) is 4.44. The lowest BCUT2D eigenvalue weighted by Crippen LogP contribution is -1.93. The van der Waals surface area contributed by atoms with E-state index in [1.54, 1.807) is 19.6 Å². The molecular formula is C14H14N4O. The molecule has 0 fully saturated rings. The highest BCUT2D eigenvalue weighted by molar-refractivity contribution is 5.73. The van der Waals surface area contributed by atoms with Gasteiger partial charge in [0.25, 0.3) is 0 Å². The molecular weight excluding hydrogens is 240 g/mol. The lowest BCUT2D eigenvalue weighted by atomic mass is 10.1. The van der Waals surface area contributed by atoms with Gasteiger partial charge >= 0.3 is 0 Å². The van der Waals surface area contributed by atoms with E-state index in [9.17, 15) is 0 Å². The van der Waals surface area contributed by atoms with Crippen LogP contribution < -0.4 is 4.74 Å². The van der Waals surface area contributed by atoms with Gasteiger partial charge in [-0.2, -0.15) is 0 Å². The summed E-state index contributed by atoms with van der Waals surface area (Å²) < 4.78 is 7.22. The number of aromatic nitrogens is 4. The predicted molar refractivity (Wildman–Crippen MR) is 73.0 cm³/mol. The summed E-state index contributed by atoms with van der Waals surface area (Å²) in [6, 6.07) is 5.93. The van der Waals surface area contributed by atoms with Gasteiger partial charge < -0.3 is 9.30 Å². The molecule has 0 saturated heterocycles. The van der Waals surface area contributed by atoms with Crippen LogP contribution in [0.5, 0.6) is 5.75 Å². The predicted octanol–water partition coefficient (Wildman–Crippen LogP) is 2.35. The quantitative estimate of drug-likeness (QED) is 0.704. The maximum absolute atomic E-state index is 5.32. The van der Waals surface area contributed by atoms with Crippen molar-refractivity contribution in [2.75, 3.05) is 7.11 Å². The van der Waals surface area contributed by atoms with Gasteiger partial charge in [-0.3, -0.25) is 0 Å². The van der Waals surface area contributed by atoms with Crippen molar-refractivity contribution in [1.29, 1.82) is 0 Å². The number of methoxy groups -OCH3 is 1. The number of aryl methyl sites for hydroxylation is 2. The molecule has 0 aliphatic carbocycles. The third-order valence-electron chi connectivity index (χ3n) is 3.15. The third kappa shape index (κ3) is 1.93. The zero-order valence-corrected chi connectivity index (χ0v) is 11.1. The van der Waals surface area contributed by atoms with Crippen LogP contribution in [0.2, 0.25) is 0 Å². The Balaban J connectivity index is 2.13. The van der Waals surface area contributed by atoms with Gasteiger partial charge in [0.15, 0.2) is 11.5 Å². The van der Waals surface area contributed by atoms with Crippen LogP contribution >= 0.6 is 0 Å². The molecule has 0 unspecified atom stereocenters. The Morgan fingerprint density at radius 2 is 2.05 bits per heavy atom. The maximum atomic E-state index is 5.32. The summed E-state index contributed by atoms with van der Waals surface area (Å²) in [6.45, 7) is 2.01. The molecule has 2 aromatic heterocycles. The van der Waals surface area contributed by atoms with Gasteiger partial charge in [-0.15, -0.1) is 0 Å². The van der Waals surface area contributed by atoms with Crippen LogP contribution in [0.4, 0.5) is 0 Å². The molecule has 0 aliphatic heterocycles. The van der Waals surface area contributed by atoms with Crippen LogP contribution in [-0.2, 0) is 7.05 Å². The highest BCUT2D eigenvalue weighted by Crippen LogP contribution is 2.25. The molecule has 0 saturated carbocycles. The van der Waals surface area contributed by atoms with Crippen LogP contribution in [0.3, 0.4) is 0 Å². The summed E-state index contributed by atoms with van der Waals surface area (Å²) in [7, 11) is 3.59. The number of fused-ring (bicyclic) bond motifs is 1. The number of ether oxygens (including phenoxy) is 1. The second-order valence-corrected chi connectivity index (χ2v) is 4.44. The molecule has 3 aromatic rings. The molecule has 0 N–H and O–H groups in total. The van der Waals surface area contributed by atoms with Crippen molar-refractivity contribution in [3.8, 4) is 17.1 Å². The molecule has 0 amide bonds. The van der Waals surface area contributed by atoms with E-state index in [0.717, 1.165) is 22.4 Å². The van der Waals surface area contributed by atoms with Crippen molar-refractivity contribution >= 4 is 11.2 Å². The molecule has 5 nitrogen and oxygen atoms in total. The molecule has 5 heteroatoms. The summed E-state index contributed by atoms with van der Waals surface area (Å²) in [6.07, 6.45) is 3.52. The Bertz CT molecular complexity index is 748. The average molecular weight is 254 g/mol. The minimum Gasteiger partial charge on any atom is -0.496 e. The van der Waals surface area contributed by atoms with E-state index < -0.39 is 0 Å². The molecule has 19 heavy (non-hydrogen) atoms. The Kier molecular flexibility index (Phi) is 2.67. The number of nitrogens with zero attached hydrogens (tertiary/aromatic N) is 4. The van der Waals surface area contributed by atoms with Crippen LogP contribution in [-0.4, -0.2) is 26.6 Å². The number of imidazole rings is 1. The highest BCUT2D eigenvalue weighted by Gasteiger charge is 2.08. The van der Waals surface area contributed by atoms with Crippen LogP contribution in [0.1, 0.15) is 5.56 Å². The zero-order valence-electron chi connectivity index (χ0n) is 11.1. The largest absolute Gasteiger partial charge is 0.496 e. The molecule has 0 radical (unpaired) electrons. The van der Waals surface area contributed by atoms with Crippen molar-refractivity contribution in [1.82, 2.24) is 19.5 Å². The Morgan fingerprint density at radius 3 is 2.84 bits per heavy atom. The molecule has 2 heterocycles. The normalized spacial score (nSPS) is 10.9. The van der Waals surface area contributed by atoms with E-state index in [-0.39, 0.29) is 0 Å². The molecule has 0 aliphatic rings. The molecule has 96 valence electrons. The average Bonchev–Trinajstić information content (AvgIpc) is 2.80. The Hall–Kier alpha value is -2.43. The Labute approximate surface area is 110 Å². The first kappa shape index (κ1) is 11.6. The standard InChI is InChI=1S/C14H14N4O/c1-9-4-5-10(6-12(9)19-3)13-15-7-11-14(17-13)16-8-18(11)2/h4-8H,1-3H3. The topological polar surface area (TPSA) is 52.8 Å². The summed E-state index contributed by atoms with van der Waals surface area (Å²) >= 11 is 0. The zero-order chi connectivity index (χ0) is 13.4. The van der Waals surface area contributed by atoms with E-state index in [1.165, 1.54) is 0 Å². The smallest absolute Gasteiger partial charge is 0.181 e. The first-order valence-electron chi connectivity index (χ1n) is 5.98. The summed E-state index contributed by atoms with van der Waals surface area (Å²) in [5.41, 5.74) is 3.63. The third-order valence-corrected chi connectivity index (χ3v) is 3.15. The van der Waals surface area contributed by atoms with E-state index >= 15 is 0 Å². The van der Waals surface area contributed by atoms with Crippen molar-refractivity contribution in [2.45, 2.75) is 6.92 Å². The second kappa shape index (κ2) is 4.35. The van der Waals surface area contributed by atoms with Gasteiger partial charge in [0.1, 0.15) is 11.3 Å². The summed E-state index contributed by atoms with van der Waals surface area (Å²) in [4.78, 5) is 13.1. The number of benzene rings is 1. The molecule has 1 aromatic carbocycles. The first-order chi connectivity index (χ1) is 9.19. The minimum absolute atomic E-state index is 0.657. The van der Waals surface area contributed by atoms with Gasteiger partial charge in [0, 0.05) is 12.6 Å². The minimum atomic E-state index is 0.657. The van der Waals surface area contributed by atoms with Gasteiger partial charge in [0.05, 0.1) is 19.6 Å². The van der Waals surface area contributed by atoms with Gasteiger partial charge in [-0.1, -0.05) is 12.1 Å². The maximum Gasteiger partial charge on any atom is 0.181 e. The summed E-state index contributed by atoms with van der Waals surface area (Å²) in [5, 5.41) is 0. The molecule has 0 bridgehead atoms. The molecule has 0 atom stereocenters. The van der Waals surface area contributed by atoms with E-state index in [0.29, 0.717) is 11.5 Å². The fourth-order valence-electron chi connectivity index (χ4n) is 2.01. The number of rotatable bonds is 2. The van der Waals surface area contributed by atoms with Gasteiger partial charge in [0.2, 0.25) is 0 Å². The van der Waals surface area contributed by atoms with Gasteiger partial charge in [-0.05, 0) is 18.6 Å². The number of hydrogen-bond donors (Lipinski definition) is 0. The van der Waals surface area contributed by atoms with Crippen molar-refractivity contribution in [3.63, 3.8) is 0 Å². The Morgan fingerprint density at radius 1 is 1.21 bits per heavy atom. The van der Waals surface area contributed by atoms with Crippen LogP contribution in [0.15, 0.2) is 30.7 Å². The monoisotopic (exact) mass is 254 g/mol. The first-order valence-corrected chi connectivity index (χ1v) is 5.98. The van der Waals surface area contributed by atoms with Crippen LogP contribution in [0, 0.1) is 6.92 Å². The van der Waals surface area contributed by atoms with E-state index in [2.05, 4.69) is 15.0 Å². The fraction of sp³-hybridized carbons (Fsp3) is 0.214. The van der Waals surface area contributed by atoms with Gasteiger partial charge in [-0.25, -0.2) is 15.0 Å². The molecule has 3 rings (SSSR count). The molecule has 0 spiro atoms. The SMILES string of the molecule is COc1cc(-c2ncc3c(ncn3C)n2)ccc1C. The summed E-state index contributed by atoms with van der Waals surface area (Å²) in [5.74, 6) is 1.49. The van der Waals surface area contributed by atoms with Crippen LogP contribution in [0.25, 0.3) is 22.6 Å². The van der Waals surface area contributed by atoms with E-state index in [1.807, 2.05) is 36.7 Å². The van der Waals surface area contributed by atoms with Crippen molar-refractivity contribution in [2.24, 2.45) is 7.05 Å². The van der Waals surface area contributed by atoms with E-state index in [4.69, 9.17) is 4.74 Å². The van der Waals surface area contributed by atoms with Crippen molar-refractivity contribution < 1.29 is 4.74 Å². The number of hydrogen-bond acceptors (Lipinski definition) is 4. The fourth-order valence-corrected chi connectivity index (χ4v) is 2.01. The lowest BCUT2D eigenvalue weighted by molar-refractivity contribution is 0.412. The highest BCUT2D eigenvalue weighted by atomic mass is 16.5. The lowest BCUT2D eigenvalue weighted by Gasteiger charge is -2.06. The van der Waals surface area contributed by atoms with Crippen molar-refractivity contribution in [3.05, 3.63) is 36.3 Å².